The van der Waals surface area contributed by atoms with E-state index in [0.29, 0.717) is 50.5 Å². The highest BCUT2D eigenvalue weighted by Gasteiger charge is 2.61. The van der Waals surface area contributed by atoms with E-state index in [2.05, 4.69) is 37.6 Å². The number of benzene rings is 1. The van der Waals surface area contributed by atoms with Crippen LogP contribution in [0.15, 0.2) is 48.4 Å². The summed E-state index contributed by atoms with van der Waals surface area (Å²) in [5.74, 6) is -0.726. The van der Waals surface area contributed by atoms with Crippen LogP contribution in [-0.2, 0) is 19.1 Å². The first-order chi connectivity index (χ1) is 25.7. The Balaban J connectivity index is 1.19. The number of methoxy groups -OCH3 is 1. The molecule has 1 aliphatic heterocycles. The van der Waals surface area contributed by atoms with Gasteiger partial charge in [-0.2, -0.15) is 0 Å². The summed E-state index contributed by atoms with van der Waals surface area (Å²) in [5.41, 5.74) is 0.652. The van der Waals surface area contributed by atoms with E-state index in [1.165, 1.54) is 29.4 Å². The third-order valence-corrected chi connectivity index (χ3v) is 12.3. The number of thiazole rings is 1. The monoisotopic (exact) mass is 777 g/mol. The number of carbonyl (C=O) groups is 4. The molecule has 15 heteroatoms. The molecule has 4 aliphatic rings. The minimum absolute atomic E-state index is 0.0159. The minimum Gasteiger partial charge on any atom is -0.495 e. The van der Waals surface area contributed by atoms with E-state index in [1.54, 1.807) is 25.1 Å². The van der Waals surface area contributed by atoms with Crippen molar-refractivity contribution in [2.45, 2.75) is 88.6 Å². The van der Waals surface area contributed by atoms with Crippen molar-refractivity contribution in [3.8, 4) is 22.2 Å². The number of amides is 3. The Kier molecular flexibility index (Phi) is 10.1. The Hall–Kier alpha value is -4.69. The number of rotatable bonds is 13. The second-order valence-corrected chi connectivity index (χ2v) is 16.4. The second kappa shape index (κ2) is 14.5. The third kappa shape index (κ3) is 7.13. The van der Waals surface area contributed by atoms with Crippen molar-refractivity contribution in [3.05, 3.63) is 59.1 Å². The van der Waals surface area contributed by atoms with E-state index < -0.39 is 53.5 Å². The number of nitrogens with one attached hydrogen (secondary N) is 2. The molecule has 3 heterocycles. The fraction of sp³-hybridized carbons (Fsp3) is 0.487. The van der Waals surface area contributed by atoms with E-state index in [9.17, 15) is 24.3 Å². The Morgan fingerprint density at radius 1 is 1.11 bits per heavy atom. The lowest BCUT2D eigenvalue weighted by atomic mass is 10.1. The fourth-order valence-electron chi connectivity index (χ4n) is 7.74. The maximum Gasteiger partial charge on any atom is 0.408 e. The van der Waals surface area contributed by atoms with E-state index in [4.69, 9.17) is 35.8 Å². The summed E-state index contributed by atoms with van der Waals surface area (Å²) in [5, 5.41) is 18.9. The largest absolute Gasteiger partial charge is 0.495 e. The number of fused-ring (bicyclic) bond motifs is 2. The zero-order chi connectivity index (χ0) is 38.6. The summed E-state index contributed by atoms with van der Waals surface area (Å²) < 4.78 is 17.8. The van der Waals surface area contributed by atoms with Crippen LogP contribution in [0.5, 0.6) is 11.5 Å². The molecule has 2 unspecified atom stereocenters. The van der Waals surface area contributed by atoms with Gasteiger partial charge in [0.15, 0.2) is 0 Å². The van der Waals surface area contributed by atoms with Crippen molar-refractivity contribution >= 4 is 57.7 Å². The smallest absolute Gasteiger partial charge is 0.408 e. The van der Waals surface area contributed by atoms with Crippen LogP contribution in [0.4, 0.5) is 4.79 Å². The van der Waals surface area contributed by atoms with Crippen LogP contribution < -0.4 is 20.1 Å². The van der Waals surface area contributed by atoms with Crippen molar-refractivity contribution in [3.63, 3.8) is 0 Å². The van der Waals surface area contributed by atoms with Crippen molar-refractivity contribution < 1.29 is 38.5 Å². The molecular weight excluding hydrogens is 734 g/mol. The average Bonchev–Trinajstić information content (AvgIpc) is 3.77. The van der Waals surface area contributed by atoms with Gasteiger partial charge in [-0.1, -0.05) is 38.1 Å². The number of hydrogen-bond acceptors (Lipinski definition) is 10. The standard InChI is InChI=1S/C39H44ClN5O8S/c1-7-22-15-39(22,37(48)49)44-34(46)28-13-24(16-45(28)36(47)32(19(4)5)43-38(50)53-23-11-20-10-21(20)12-23)52-30-14-26(35-42-27(17-54-35)18(2)3)41-33-25(30)8-9-29(51-6)31(33)40/h7-9,14,17-18,20-24,28,32H,1,4,10-13,15-16H2,2-3,5-6H3,(H,43,50)(H,44,46)(H,48,49)/t20-,21+,22-,23?,24-,28+,32?,39-/m1/s1. The number of pyridine rings is 1. The molecule has 1 saturated heterocycles. The number of ether oxygens (including phenoxy) is 3. The topological polar surface area (TPSA) is 169 Å². The summed E-state index contributed by atoms with van der Waals surface area (Å²) in [7, 11) is 1.51. The molecule has 0 bridgehead atoms. The highest BCUT2D eigenvalue weighted by atomic mass is 35.5. The molecule has 3 saturated carbocycles. The lowest BCUT2D eigenvalue weighted by Crippen LogP contribution is -2.56. The zero-order valence-corrected chi connectivity index (χ0v) is 32.2. The first-order valence-electron chi connectivity index (χ1n) is 18.1. The number of aliphatic carboxylic acids is 1. The first kappa shape index (κ1) is 37.6. The molecule has 54 heavy (non-hydrogen) atoms. The molecule has 7 rings (SSSR count). The SMILES string of the molecule is C=C[C@@H]1C[C@]1(NC(=O)[C@@H]1C[C@@H](Oc2cc(-c3nc(C(C)C)cs3)nc3c(Cl)c(OC)ccc23)CN1C(=O)C(NC(=O)OC1C[C@@H]2C[C@@H]2C1)C(=C)C)C(=O)O. The molecule has 1 aromatic carbocycles. The molecule has 3 aromatic rings. The Morgan fingerprint density at radius 3 is 2.46 bits per heavy atom. The number of aromatic nitrogens is 2. The normalized spacial score (nSPS) is 27.2. The highest BCUT2D eigenvalue weighted by molar-refractivity contribution is 7.13. The predicted molar refractivity (Wildman–Crippen MR) is 203 cm³/mol. The Bertz CT molecular complexity index is 2040. The van der Waals surface area contributed by atoms with Crippen molar-refractivity contribution in [1.82, 2.24) is 25.5 Å². The summed E-state index contributed by atoms with van der Waals surface area (Å²) in [6.07, 6.45) is 2.76. The Morgan fingerprint density at radius 2 is 1.85 bits per heavy atom. The van der Waals surface area contributed by atoms with Crippen LogP contribution in [0.3, 0.4) is 0 Å². The first-order valence-corrected chi connectivity index (χ1v) is 19.4. The number of likely N-dealkylation sites (tertiary alicyclic amines) is 1. The van der Waals surface area contributed by atoms with E-state index in [0.717, 1.165) is 25.0 Å². The molecule has 4 fully saturated rings. The summed E-state index contributed by atoms with van der Waals surface area (Å²) in [4.78, 5) is 64.7. The van der Waals surface area contributed by atoms with Crippen molar-refractivity contribution in [2.75, 3.05) is 13.7 Å². The number of halogens is 1. The van der Waals surface area contributed by atoms with Gasteiger partial charge >= 0.3 is 12.1 Å². The number of carbonyl (C=O) groups excluding carboxylic acids is 3. The fourth-order valence-corrected chi connectivity index (χ4v) is 8.96. The van der Waals surface area contributed by atoms with Gasteiger partial charge in [-0.25, -0.2) is 19.6 Å². The van der Waals surface area contributed by atoms with Crippen LogP contribution in [-0.4, -0.2) is 87.3 Å². The van der Waals surface area contributed by atoms with Crippen molar-refractivity contribution in [1.29, 1.82) is 0 Å². The van der Waals surface area contributed by atoms with Gasteiger partial charge in [-0.05, 0) is 68.1 Å². The lowest BCUT2D eigenvalue weighted by molar-refractivity contribution is -0.145. The molecule has 286 valence electrons. The molecule has 2 aromatic heterocycles. The van der Waals surface area contributed by atoms with Gasteiger partial charge in [0.25, 0.3) is 0 Å². The van der Waals surface area contributed by atoms with Crippen LogP contribution in [0.2, 0.25) is 5.02 Å². The third-order valence-electron chi connectivity index (χ3n) is 11.0. The van der Waals surface area contributed by atoms with E-state index >= 15 is 0 Å². The summed E-state index contributed by atoms with van der Waals surface area (Å²) in [6, 6.07) is 2.88. The molecule has 13 nitrogen and oxygen atoms in total. The quantitative estimate of drug-likeness (QED) is 0.172. The maximum absolute atomic E-state index is 14.4. The molecule has 8 atom stereocenters. The van der Waals surface area contributed by atoms with Gasteiger partial charge < -0.3 is 34.9 Å². The van der Waals surface area contributed by atoms with Gasteiger partial charge in [-0.3, -0.25) is 9.59 Å². The molecule has 3 N–H and O–H groups in total. The lowest BCUT2D eigenvalue weighted by Gasteiger charge is -2.29. The second-order valence-electron chi connectivity index (χ2n) is 15.2. The molecule has 3 amide bonds. The number of carboxylic acids is 1. The van der Waals surface area contributed by atoms with Gasteiger partial charge in [-0.15, -0.1) is 17.9 Å². The number of alkyl carbamates (subject to hydrolysis) is 1. The molecular formula is C39H44ClN5O8S. The van der Waals surface area contributed by atoms with Crippen molar-refractivity contribution in [2.24, 2.45) is 17.8 Å². The number of nitrogens with zero attached hydrogens (tertiary/aromatic N) is 3. The average molecular weight is 778 g/mol. The number of hydrogen-bond donors (Lipinski definition) is 3. The minimum atomic E-state index is -1.53. The van der Waals surface area contributed by atoms with Crippen LogP contribution in [0, 0.1) is 17.8 Å². The van der Waals surface area contributed by atoms with Gasteiger partial charge in [0.1, 0.15) is 57.1 Å². The molecule has 0 radical (unpaired) electrons. The number of carboxylic acid groups (broad SMARTS) is 1. The van der Waals surface area contributed by atoms with Gasteiger partial charge in [0.05, 0.1) is 24.9 Å². The maximum atomic E-state index is 14.4. The molecule has 0 spiro atoms. The van der Waals surface area contributed by atoms with Gasteiger partial charge in [0, 0.05) is 29.2 Å². The Labute approximate surface area is 322 Å². The van der Waals surface area contributed by atoms with Crippen LogP contribution in [0.25, 0.3) is 21.6 Å². The summed E-state index contributed by atoms with van der Waals surface area (Å²) >= 11 is 8.22. The summed E-state index contributed by atoms with van der Waals surface area (Å²) in [6.45, 7) is 13.3. The van der Waals surface area contributed by atoms with Crippen LogP contribution in [0.1, 0.15) is 64.5 Å². The zero-order valence-electron chi connectivity index (χ0n) is 30.6. The highest BCUT2D eigenvalue weighted by Crippen LogP contribution is 2.52. The molecule has 3 aliphatic carbocycles. The van der Waals surface area contributed by atoms with E-state index in [1.807, 2.05) is 5.38 Å². The van der Waals surface area contributed by atoms with Gasteiger partial charge in [0.2, 0.25) is 11.8 Å². The van der Waals surface area contributed by atoms with E-state index in [-0.39, 0.29) is 36.4 Å². The van der Waals surface area contributed by atoms with Crippen LogP contribution >= 0.6 is 22.9 Å². The predicted octanol–water partition coefficient (Wildman–Crippen LogP) is 6.11.